The van der Waals surface area contributed by atoms with Gasteiger partial charge in [-0.3, -0.25) is 19.1 Å². The summed E-state index contributed by atoms with van der Waals surface area (Å²) in [4.78, 5) is 68.0. The van der Waals surface area contributed by atoms with Crippen LogP contribution in [0.5, 0.6) is 11.6 Å². The number of alkyl carbamates (subject to hydrolysis) is 1. The van der Waals surface area contributed by atoms with Gasteiger partial charge in [0.25, 0.3) is 5.91 Å². The van der Waals surface area contributed by atoms with Gasteiger partial charge in [0.05, 0.1) is 35.9 Å². The van der Waals surface area contributed by atoms with Crippen molar-refractivity contribution in [2.24, 2.45) is 35.0 Å². The predicted octanol–water partition coefficient (Wildman–Crippen LogP) is 4.65. The number of aromatic nitrogens is 2. The third-order valence-corrected chi connectivity index (χ3v) is 15.7. The molecule has 1 saturated heterocycles. The van der Waals surface area contributed by atoms with E-state index in [-0.39, 0.29) is 30.4 Å². The zero-order chi connectivity index (χ0) is 42.9. The highest BCUT2D eigenvalue weighted by atomic mass is 32.2. The highest BCUT2D eigenvalue weighted by Gasteiger charge is 2.67. The lowest BCUT2D eigenvalue weighted by atomic mass is 9.82. The number of rotatable bonds is 7. The molecular weight excluding hydrogens is 803 g/mol. The molecule has 1 unspecified atom stereocenters. The third kappa shape index (κ3) is 8.08. The Bertz CT molecular complexity index is 2150. The number of carbonyl (C=O) groups is 4. The Labute approximate surface area is 348 Å². The van der Waals surface area contributed by atoms with Crippen LogP contribution in [0, 0.1) is 35.0 Å². The average Bonchev–Trinajstić information content (AvgIpc) is 4.07. The van der Waals surface area contributed by atoms with Crippen LogP contribution in [0.3, 0.4) is 0 Å². The lowest BCUT2D eigenvalue weighted by Gasteiger charge is -2.37. The minimum Gasteiger partial charge on any atom is -0.497 e. The molecule has 3 N–H and O–H groups in total. The first-order valence-corrected chi connectivity index (χ1v) is 22.9. The summed E-state index contributed by atoms with van der Waals surface area (Å²) >= 11 is 0. The molecule has 4 amide bonds. The number of benzene rings is 1. The number of nitrogens with one attached hydrogen (secondary N) is 3. The number of ether oxygens (including phenoxy) is 3. The summed E-state index contributed by atoms with van der Waals surface area (Å²) in [7, 11) is -2.61. The summed E-state index contributed by atoms with van der Waals surface area (Å²) in [5, 5.41) is 4.52. The fourth-order valence-corrected chi connectivity index (χ4v) is 11.6. The molecule has 3 heterocycles. The van der Waals surface area contributed by atoms with E-state index >= 15 is 0 Å². The van der Waals surface area contributed by atoms with Crippen molar-refractivity contribution in [3.05, 3.63) is 23.9 Å². The lowest BCUT2D eigenvalue weighted by molar-refractivity contribution is -0.143. The van der Waals surface area contributed by atoms with E-state index in [0.29, 0.717) is 47.7 Å². The quantitative estimate of drug-likeness (QED) is 0.351. The minimum absolute atomic E-state index is 0.180. The molecule has 0 radical (unpaired) electrons. The fourth-order valence-electron chi connectivity index (χ4n) is 10.2. The van der Waals surface area contributed by atoms with E-state index in [2.05, 4.69) is 10.6 Å². The molecule has 8 rings (SSSR count). The molecule has 10 atom stereocenters. The molecule has 0 spiro atoms. The van der Waals surface area contributed by atoms with E-state index in [1.54, 1.807) is 46.9 Å². The van der Waals surface area contributed by atoms with Crippen molar-refractivity contribution < 1.29 is 50.6 Å². The number of aryl methyl sites for hydroxylation is 1. The van der Waals surface area contributed by atoms with Crippen molar-refractivity contribution >= 4 is 44.9 Å². The van der Waals surface area contributed by atoms with Crippen molar-refractivity contribution in [1.82, 2.24) is 30.2 Å². The Morgan fingerprint density at radius 3 is 2.45 bits per heavy atom. The van der Waals surface area contributed by atoms with E-state index in [1.165, 1.54) is 4.90 Å². The number of carbonyl (C=O) groups excluding carboxylic acids is 4. The molecule has 6 aliphatic rings. The standard InChI is InChI=1S/C42H56F2N6O9S/c1-21-31-20-50(32(21)36(51)48-42(19-27(42)35(43)44)39(53)49-60(55,56)25-14-15-25)38(52)34(41(2,3)4)47-40(54)59-33-23-12-11-22(17-23)26(33)9-7-6-8-10-29-37(58-31)46-30-18-24(57-5)13-16-28(30)45-29/h13,16,18,21-23,25-27,31-35H,6-12,14-15,17,19-20H2,1-5H3,(H,47,54)(H,48,51)(H,49,53)/t21-,22-,23+,26-,27?,31+,32+,33-,34-,42-/m1/s1. The maximum atomic E-state index is 15.0. The lowest BCUT2D eigenvalue weighted by Crippen LogP contribution is -2.61. The van der Waals surface area contributed by atoms with Crippen molar-refractivity contribution in [2.45, 2.75) is 140 Å². The molecular formula is C42H56F2N6O9S. The van der Waals surface area contributed by atoms with Gasteiger partial charge < -0.3 is 29.7 Å². The molecule has 4 aliphatic carbocycles. The summed E-state index contributed by atoms with van der Waals surface area (Å²) in [5.41, 5.74) is -1.41. The third-order valence-electron chi connectivity index (χ3n) is 13.9. The predicted molar refractivity (Wildman–Crippen MR) is 213 cm³/mol. The normalized spacial score (nSPS) is 33.5. The first kappa shape index (κ1) is 42.3. The monoisotopic (exact) mass is 858 g/mol. The van der Waals surface area contributed by atoms with Gasteiger partial charge in [-0.2, -0.15) is 0 Å². The molecule has 1 aromatic heterocycles. The Morgan fingerprint density at radius 2 is 1.77 bits per heavy atom. The van der Waals surface area contributed by atoms with Crippen LogP contribution in [0.2, 0.25) is 0 Å². The van der Waals surface area contributed by atoms with Crippen LogP contribution >= 0.6 is 0 Å². The van der Waals surface area contributed by atoms with E-state index in [1.807, 2.05) is 10.8 Å². The van der Waals surface area contributed by atoms with Gasteiger partial charge in [0.15, 0.2) is 0 Å². The maximum Gasteiger partial charge on any atom is 0.408 e. The Hall–Kier alpha value is -4.35. The second-order valence-corrected chi connectivity index (χ2v) is 20.9. The van der Waals surface area contributed by atoms with Crippen LogP contribution in [-0.2, 0) is 35.6 Å². The van der Waals surface area contributed by atoms with Crippen molar-refractivity contribution in [3.8, 4) is 11.6 Å². The topological polar surface area (TPSA) is 195 Å². The van der Waals surface area contributed by atoms with Crippen LogP contribution < -0.4 is 24.8 Å². The van der Waals surface area contributed by atoms with Crippen LogP contribution in [0.1, 0.15) is 97.6 Å². The highest BCUT2D eigenvalue weighted by Crippen LogP contribution is 2.52. The Kier molecular flexibility index (Phi) is 11.2. The number of fused-ring (bicyclic) bond motifs is 9. The number of hydrogen-bond acceptors (Lipinski definition) is 11. The summed E-state index contributed by atoms with van der Waals surface area (Å²) in [6.45, 7) is 6.81. The SMILES string of the molecule is COc1ccc2nc3c(nc2c1)O[C@H]1CN(C(=O)[C@H](C(C)(C)C)NC(=O)O[C@@H]2[C@H]4CC[C@H](C4)[C@H]2CCCCC3)[C@H](C(=O)N[C@]2(C(=O)NS(=O)(=O)C3CC3)CC2C(F)F)[C@@H]1C. The first-order chi connectivity index (χ1) is 28.4. The number of alkyl halides is 2. The second-order valence-electron chi connectivity index (χ2n) is 19.0. The van der Waals surface area contributed by atoms with Gasteiger partial charge in [-0.1, -0.05) is 40.5 Å². The smallest absolute Gasteiger partial charge is 0.408 e. The van der Waals surface area contributed by atoms with Gasteiger partial charge in [0.1, 0.15) is 41.3 Å². The van der Waals surface area contributed by atoms with Crippen molar-refractivity contribution in [3.63, 3.8) is 0 Å². The average molecular weight is 859 g/mol. The molecule has 60 heavy (non-hydrogen) atoms. The van der Waals surface area contributed by atoms with Crippen LogP contribution in [0.4, 0.5) is 13.6 Å². The largest absolute Gasteiger partial charge is 0.497 e. The number of hydrogen-bond donors (Lipinski definition) is 3. The molecule has 328 valence electrons. The molecule has 4 saturated carbocycles. The fraction of sp³-hybridized carbons (Fsp3) is 0.714. The summed E-state index contributed by atoms with van der Waals surface area (Å²) in [6, 6.07) is 2.73. The summed E-state index contributed by atoms with van der Waals surface area (Å²) in [5.74, 6) is -3.65. The molecule has 2 aromatic rings. The number of nitrogens with zero attached hydrogens (tertiary/aromatic N) is 3. The van der Waals surface area contributed by atoms with E-state index in [4.69, 9.17) is 24.2 Å². The maximum absolute atomic E-state index is 15.0. The molecule has 1 aromatic carbocycles. The number of sulfonamides is 1. The molecule has 2 aliphatic heterocycles. The van der Waals surface area contributed by atoms with Gasteiger partial charge in [0.2, 0.25) is 34.1 Å². The zero-order valence-corrected chi connectivity index (χ0v) is 35.6. The van der Waals surface area contributed by atoms with E-state index < -0.39 is 92.9 Å². The zero-order valence-electron chi connectivity index (χ0n) is 34.7. The molecule has 18 heteroatoms. The van der Waals surface area contributed by atoms with Crippen LogP contribution in [0.15, 0.2) is 18.2 Å². The Balaban J connectivity index is 1.16. The van der Waals surface area contributed by atoms with Crippen molar-refractivity contribution in [2.75, 3.05) is 13.7 Å². The number of halogens is 2. The van der Waals surface area contributed by atoms with Gasteiger partial charge >= 0.3 is 6.09 Å². The highest BCUT2D eigenvalue weighted by molar-refractivity contribution is 7.91. The first-order valence-electron chi connectivity index (χ1n) is 21.4. The molecule has 5 fully saturated rings. The minimum atomic E-state index is -4.15. The van der Waals surface area contributed by atoms with Gasteiger partial charge in [-0.25, -0.2) is 32.0 Å². The van der Waals surface area contributed by atoms with Crippen LogP contribution in [-0.4, -0.2) is 102 Å². The van der Waals surface area contributed by atoms with E-state index in [0.717, 1.165) is 44.9 Å². The van der Waals surface area contributed by atoms with E-state index in [9.17, 15) is 36.4 Å². The Morgan fingerprint density at radius 1 is 1.02 bits per heavy atom. The molecule has 4 bridgehead atoms. The van der Waals surface area contributed by atoms with Gasteiger partial charge in [-0.15, -0.1) is 0 Å². The van der Waals surface area contributed by atoms with Gasteiger partial charge in [-0.05, 0) is 93.1 Å². The summed E-state index contributed by atoms with van der Waals surface area (Å²) in [6.07, 6.45) is 2.25. The van der Waals surface area contributed by atoms with Crippen LogP contribution in [0.25, 0.3) is 11.0 Å². The number of methoxy groups -OCH3 is 1. The number of amides is 4. The van der Waals surface area contributed by atoms with Crippen molar-refractivity contribution in [1.29, 1.82) is 0 Å². The summed E-state index contributed by atoms with van der Waals surface area (Å²) < 4.78 is 74.4. The second kappa shape index (κ2) is 15.8. The van der Waals surface area contributed by atoms with Gasteiger partial charge in [0, 0.05) is 12.0 Å². The molecule has 15 nitrogen and oxygen atoms in total.